The standard InChI is InChI=1S/C21H16N2O/c1-14-10-15(2)12-16(11-14)22-13-23-17-6-3-4-8-19(17)24-20-9-5-7-18(22)21(20)23/h3-12H,1-2H3. The molecule has 24 heavy (non-hydrogen) atoms. The Morgan fingerprint density at radius 1 is 0.875 bits per heavy atom. The van der Waals surface area contributed by atoms with Crippen LogP contribution in [0, 0.1) is 20.2 Å². The largest absolute Gasteiger partial charge is 0.465 e. The zero-order valence-corrected chi connectivity index (χ0v) is 13.6. The number of hydrogen-bond acceptors (Lipinski definition) is 1. The average Bonchev–Trinajstić information content (AvgIpc) is 2.96. The third kappa shape index (κ3) is 1.81. The number of imidazole rings is 1. The normalized spacial score (nSPS) is 12.1. The van der Waals surface area contributed by atoms with Gasteiger partial charge in [0.1, 0.15) is 22.7 Å². The summed E-state index contributed by atoms with van der Waals surface area (Å²) in [6.07, 6.45) is 3.51. The molecule has 0 spiro atoms. The van der Waals surface area contributed by atoms with E-state index in [9.17, 15) is 0 Å². The van der Waals surface area contributed by atoms with Gasteiger partial charge < -0.3 is 4.74 Å². The highest BCUT2D eigenvalue weighted by Gasteiger charge is 2.22. The van der Waals surface area contributed by atoms with E-state index < -0.39 is 0 Å². The van der Waals surface area contributed by atoms with Crippen LogP contribution < -0.4 is 9.30 Å². The van der Waals surface area contributed by atoms with Gasteiger partial charge in [-0.15, -0.1) is 0 Å². The molecule has 1 aliphatic heterocycles. The van der Waals surface area contributed by atoms with Crippen molar-refractivity contribution in [3.05, 3.63) is 78.1 Å². The van der Waals surface area contributed by atoms with Crippen LogP contribution in [-0.4, -0.2) is 4.57 Å². The van der Waals surface area contributed by atoms with Gasteiger partial charge in [0.25, 0.3) is 6.33 Å². The Hall–Kier alpha value is -3.07. The molecule has 1 aliphatic rings. The van der Waals surface area contributed by atoms with Crippen LogP contribution in [0.15, 0.2) is 60.7 Å². The molecule has 0 aliphatic carbocycles. The van der Waals surface area contributed by atoms with E-state index in [1.54, 1.807) is 0 Å². The maximum absolute atomic E-state index is 6.09. The molecule has 0 fully saturated rings. The van der Waals surface area contributed by atoms with E-state index in [2.05, 4.69) is 59.6 Å². The minimum atomic E-state index is 0.858. The molecule has 0 amide bonds. The lowest BCUT2D eigenvalue weighted by Gasteiger charge is -2.18. The molecule has 3 aromatic carbocycles. The summed E-state index contributed by atoms with van der Waals surface area (Å²) in [5.41, 5.74) is 6.77. The fourth-order valence-corrected chi connectivity index (χ4v) is 3.50. The van der Waals surface area contributed by atoms with Gasteiger partial charge in [-0.25, -0.2) is 0 Å². The summed E-state index contributed by atoms with van der Waals surface area (Å²) in [6, 6.07) is 20.8. The summed E-state index contributed by atoms with van der Waals surface area (Å²) in [5, 5.41) is 0. The van der Waals surface area contributed by atoms with Crippen molar-refractivity contribution in [3.63, 3.8) is 0 Å². The number of hydrogen-bond donors (Lipinski definition) is 0. The van der Waals surface area contributed by atoms with Gasteiger partial charge in [0.05, 0.1) is 11.2 Å². The van der Waals surface area contributed by atoms with E-state index in [0.717, 1.165) is 33.9 Å². The van der Waals surface area contributed by atoms with Crippen molar-refractivity contribution in [2.24, 2.45) is 0 Å². The molecule has 0 radical (unpaired) electrons. The zero-order chi connectivity index (χ0) is 16.3. The minimum Gasteiger partial charge on any atom is -0.465 e. The summed E-state index contributed by atoms with van der Waals surface area (Å²) in [4.78, 5) is 0. The Bertz CT molecular complexity index is 1090. The van der Waals surface area contributed by atoms with E-state index in [4.69, 9.17) is 4.74 Å². The molecule has 3 nitrogen and oxygen atoms in total. The molecule has 0 bridgehead atoms. The lowest BCUT2D eigenvalue weighted by Crippen LogP contribution is -2.32. The Balaban J connectivity index is 1.87. The van der Waals surface area contributed by atoms with Crippen molar-refractivity contribution in [3.8, 4) is 22.9 Å². The van der Waals surface area contributed by atoms with Crippen LogP contribution in [0.4, 0.5) is 0 Å². The van der Waals surface area contributed by atoms with Crippen molar-refractivity contribution < 1.29 is 9.30 Å². The number of para-hydroxylation sites is 3. The zero-order valence-electron chi connectivity index (χ0n) is 13.6. The third-order valence-corrected chi connectivity index (χ3v) is 4.43. The van der Waals surface area contributed by atoms with Crippen LogP contribution in [-0.2, 0) is 0 Å². The van der Waals surface area contributed by atoms with Gasteiger partial charge >= 0.3 is 0 Å². The number of benzene rings is 3. The van der Waals surface area contributed by atoms with Crippen molar-refractivity contribution in [1.82, 2.24) is 4.57 Å². The van der Waals surface area contributed by atoms with Gasteiger partial charge in [0.2, 0.25) is 0 Å². The second kappa shape index (κ2) is 4.71. The number of rotatable bonds is 1. The third-order valence-electron chi connectivity index (χ3n) is 4.43. The molecular weight excluding hydrogens is 296 g/mol. The van der Waals surface area contributed by atoms with Crippen molar-refractivity contribution in [2.75, 3.05) is 0 Å². The van der Waals surface area contributed by atoms with E-state index in [1.807, 2.05) is 30.3 Å². The molecule has 5 rings (SSSR count). The predicted molar refractivity (Wildman–Crippen MR) is 93.2 cm³/mol. The second-order valence-electron chi connectivity index (χ2n) is 6.31. The molecule has 3 heteroatoms. The summed E-state index contributed by atoms with van der Waals surface area (Å²) in [6.45, 7) is 4.25. The minimum absolute atomic E-state index is 0.858. The van der Waals surface area contributed by atoms with Gasteiger partial charge in [-0.05, 0) is 44.2 Å². The molecule has 2 heterocycles. The average molecular weight is 312 g/mol. The molecule has 0 saturated heterocycles. The Kier molecular flexibility index (Phi) is 2.63. The molecule has 0 atom stereocenters. The topological polar surface area (TPSA) is 18.0 Å². The number of fused-ring (bicyclic) bond motifs is 2. The van der Waals surface area contributed by atoms with Crippen LogP contribution in [0.3, 0.4) is 0 Å². The Morgan fingerprint density at radius 2 is 1.62 bits per heavy atom. The highest BCUT2D eigenvalue weighted by molar-refractivity contribution is 5.82. The summed E-state index contributed by atoms with van der Waals surface area (Å²) in [7, 11) is 0. The number of nitrogens with zero attached hydrogens (tertiary/aromatic N) is 2. The van der Waals surface area contributed by atoms with Gasteiger partial charge in [0, 0.05) is 0 Å². The van der Waals surface area contributed by atoms with Crippen LogP contribution in [0.25, 0.3) is 22.4 Å². The first-order chi connectivity index (χ1) is 11.7. The summed E-state index contributed by atoms with van der Waals surface area (Å²) in [5.74, 6) is 1.72. The Labute approximate surface area is 140 Å². The first kappa shape index (κ1) is 13.4. The van der Waals surface area contributed by atoms with Gasteiger partial charge in [-0.2, -0.15) is 0 Å². The highest BCUT2D eigenvalue weighted by atomic mass is 16.5. The monoisotopic (exact) mass is 312 g/mol. The van der Waals surface area contributed by atoms with E-state index >= 15 is 0 Å². The number of aryl methyl sites for hydroxylation is 2. The van der Waals surface area contributed by atoms with Crippen molar-refractivity contribution >= 4 is 11.0 Å². The lowest BCUT2D eigenvalue weighted by molar-refractivity contribution is -0.575. The van der Waals surface area contributed by atoms with E-state index in [1.165, 1.54) is 11.1 Å². The second-order valence-corrected chi connectivity index (χ2v) is 6.31. The van der Waals surface area contributed by atoms with Crippen LogP contribution >= 0.6 is 0 Å². The first-order valence-electron chi connectivity index (χ1n) is 8.05. The van der Waals surface area contributed by atoms with Gasteiger partial charge in [-0.1, -0.05) is 41.5 Å². The summed E-state index contributed by atoms with van der Waals surface area (Å²) < 4.78 is 10.3. The van der Waals surface area contributed by atoms with Gasteiger partial charge in [-0.3, -0.25) is 9.13 Å². The van der Waals surface area contributed by atoms with Crippen LogP contribution in [0.2, 0.25) is 0 Å². The Morgan fingerprint density at radius 3 is 2.46 bits per heavy atom. The quantitative estimate of drug-likeness (QED) is 0.331. The van der Waals surface area contributed by atoms with Crippen molar-refractivity contribution in [2.45, 2.75) is 13.8 Å². The number of aromatic nitrogens is 2. The molecular formula is C21H16N2O. The smallest absolute Gasteiger partial charge is 0.270 e. The molecule has 4 aromatic rings. The lowest BCUT2D eigenvalue weighted by atomic mass is 10.1. The molecule has 1 aromatic heterocycles. The predicted octanol–water partition coefficient (Wildman–Crippen LogP) is 4.43. The highest BCUT2D eigenvalue weighted by Crippen LogP contribution is 2.36. The van der Waals surface area contributed by atoms with E-state index in [0.29, 0.717) is 0 Å². The molecule has 0 N–H and O–H groups in total. The maximum Gasteiger partial charge on any atom is 0.270 e. The maximum atomic E-state index is 6.09. The van der Waals surface area contributed by atoms with E-state index in [-0.39, 0.29) is 0 Å². The van der Waals surface area contributed by atoms with Gasteiger partial charge in [0.15, 0.2) is 0 Å². The fourth-order valence-electron chi connectivity index (χ4n) is 3.50. The molecule has 0 unspecified atom stereocenters. The molecule has 116 valence electrons. The molecule has 0 saturated carbocycles. The van der Waals surface area contributed by atoms with Crippen LogP contribution in [0.1, 0.15) is 11.1 Å². The SMILES string of the molecule is Cc1cc(C)cc(-n2[c-][n+]3c4c(cccc42)Oc2ccccc2-3)c1. The van der Waals surface area contributed by atoms with Crippen molar-refractivity contribution in [1.29, 1.82) is 0 Å². The fraction of sp³-hybridized carbons (Fsp3) is 0.0952. The first-order valence-corrected chi connectivity index (χ1v) is 8.05. The summed E-state index contributed by atoms with van der Waals surface area (Å²) >= 11 is 0. The van der Waals surface area contributed by atoms with Crippen LogP contribution in [0.5, 0.6) is 11.5 Å². The number of ether oxygens (including phenoxy) is 1.